The number of nitrogens with zero attached hydrogens (tertiary/aromatic N) is 2. The average Bonchev–Trinajstić information content (AvgIpc) is 2.58. The first kappa shape index (κ1) is 14.8. The van der Waals surface area contributed by atoms with Gasteiger partial charge in [0.15, 0.2) is 0 Å². The summed E-state index contributed by atoms with van der Waals surface area (Å²) in [7, 11) is 0. The molecule has 1 aliphatic heterocycles. The highest BCUT2D eigenvalue weighted by Crippen LogP contribution is 2.03. The van der Waals surface area contributed by atoms with Crippen LogP contribution in [0.2, 0.25) is 0 Å². The van der Waals surface area contributed by atoms with Gasteiger partial charge in [-0.2, -0.15) is 5.10 Å². The Hall–Kier alpha value is -2.13. The van der Waals surface area contributed by atoms with Crippen LogP contribution in [0.4, 0.5) is 0 Å². The van der Waals surface area contributed by atoms with E-state index in [1.807, 2.05) is 6.07 Å². The minimum Gasteiger partial charge on any atom is -0.328 e. The summed E-state index contributed by atoms with van der Waals surface area (Å²) < 4.78 is 0. The minimum absolute atomic E-state index is 1.03. The number of hydrogen-bond donors (Lipinski definition) is 1. The largest absolute Gasteiger partial charge is 0.328 e. The summed E-state index contributed by atoms with van der Waals surface area (Å²) in [5.74, 6) is 0. The van der Waals surface area contributed by atoms with Crippen LogP contribution >= 0.6 is 0 Å². The standard InChI is InChI=1S/C19H23N3/c1-17(19-10-6-3-7-11-19)20-22-14-12-21(13-15-22)16-18-8-4-2-5-9-18/h2-11H,12-16H2,1H3/p+1/b20-17-. The van der Waals surface area contributed by atoms with Crippen molar-refractivity contribution in [1.82, 2.24) is 5.01 Å². The normalized spacial score (nSPS) is 16.8. The van der Waals surface area contributed by atoms with Gasteiger partial charge >= 0.3 is 0 Å². The van der Waals surface area contributed by atoms with Gasteiger partial charge in [-0.1, -0.05) is 60.7 Å². The molecule has 3 nitrogen and oxygen atoms in total. The van der Waals surface area contributed by atoms with E-state index in [4.69, 9.17) is 5.10 Å². The molecule has 1 fully saturated rings. The number of nitrogens with one attached hydrogen (secondary N) is 1. The lowest BCUT2D eigenvalue weighted by Crippen LogP contribution is -3.13. The molecule has 1 saturated heterocycles. The van der Waals surface area contributed by atoms with E-state index in [1.54, 1.807) is 4.90 Å². The molecule has 114 valence electrons. The van der Waals surface area contributed by atoms with E-state index >= 15 is 0 Å². The second kappa shape index (κ2) is 7.23. The Morgan fingerprint density at radius 1 is 0.955 bits per heavy atom. The van der Waals surface area contributed by atoms with Gasteiger partial charge in [0, 0.05) is 5.56 Å². The number of hydrazone groups is 1. The van der Waals surface area contributed by atoms with Gasteiger partial charge in [0.1, 0.15) is 6.54 Å². The maximum atomic E-state index is 4.78. The third-order valence-corrected chi connectivity index (χ3v) is 4.23. The highest BCUT2D eigenvalue weighted by atomic mass is 15.5. The molecule has 1 N–H and O–H groups in total. The van der Waals surface area contributed by atoms with Crippen LogP contribution in [-0.4, -0.2) is 36.9 Å². The second-order valence-corrected chi connectivity index (χ2v) is 5.92. The van der Waals surface area contributed by atoms with E-state index in [0.29, 0.717) is 0 Å². The van der Waals surface area contributed by atoms with Crippen molar-refractivity contribution in [1.29, 1.82) is 0 Å². The first-order valence-corrected chi connectivity index (χ1v) is 8.04. The zero-order valence-corrected chi connectivity index (χ0v) is 13.2. The van der Waals surface area contributed by atoms with Crippen molar-refractivity contribution in [3.63, 3.8) is 0 Å². The van der Waals surface area contributed by atoms with Gasteiger partial charge in [0.05, 0.1) is 31.9 Å². The van der Waals surface area contributed by atoms with Crippen LogP contribution in [0.15, 0.2) is 65.8 Å². The summed E-state index contributed by atoms with van der Waals surface area (Å²) in [5, 5.41) is 7.00. The number of hydrogen-bond acceptors (Lipinski definition) is 2. The molecule has 2 aromatic carbocycles. The summed E-state index contributed by atoms with van der Waals surface area (Å²) in [6.07, 6.45) is 0. The molecule has 0 radical (unpaired) electrons. The van der Waals surface area contributed by atoms with Gasteiger partial charge in [0.2, 0.25) is 0 Å². The Kier molecular flexibility index (Phi) is 4.86. The summed E-state index contributed by atoms with van der Waals surface area (Å²) in [5.41, 5.74) is 3.74. The molecule has 0 aliphatic carbocycles. The predicted octanol–water partition coefficient (Wildman–Crippen LogP) is 1.81. The van der Waals surface area contributed by atoms with Crippen LogP contribution in [0.3, 0.4) is 0 Å². The van der Waals surface area contributed by atoms with Crippen LogP contribution in [0.25, 0.3) is 0 Å². The van der Waals surface area contributed by atoms with Crippen molar-refractivity contribution < 1.29 is 4.90 Å². The van der Waals surface area contributed by atoms with Crippen molar-refractivity contribution in [2.75, 3.05) is 26.2 Å². The van der Waals surface area contributed by atoms with E-state index in [-0.39, 0.29) is 0 Å². The van der Waals surface area contributed by atoms with E-state index in [9.17, 15) is 0 Å². The lowest BCUT2D eigenvalue weighted by Gasteiger charge is -2.31. The van der Waals surface area contributed by atoms with Gasteiger partial charge in [-0.25, -0.2) is 0 Å². The maximum Gasteiger partial charge on any atom is 0.103 e. The van der Waals surface area contributed by atoms with Gasteiger partial charge in [0.25, 0.3) is 0 Å². The third-order valence-electron chi connectivity index (χ3n) is 4.23. The van der Waals surface area contributed by atoms with Crippen LogP contribution in [0, 0.1) is 0 Å². The molecule has 1 aliphatic rings. The molecule has 22 heavy (non-hydrogen) atoms. The van der Waals surface area contributed by atoms with E-state index in [2.05, 4.69) is 66.5 Å². The monoisotopic (exact) mass is 294 g/mol. The molecule has 0 atom stereocenters. The van der Waals surface area contributed by atoms with Gasteiger partial charge < -0.3 is 4.90 Å². The number of quaternary nitrogens is 1. The van der Waals surface area contributed by atoms with Crippen molar-refractivity contribution in [3.8, 4) is 0 Å². The number of benzene rings is 2. The molecule has 3 rings (SSSR count). The van der Waals surface area contributed by atoms with Gasteiger partial charge in [-0.3, -0.25) is 5.01 Å². The highest BCUT2D eigenvalue weighted by molar-refractivity contribution is 5.98. The van der Waals surface area contributed by atoms with Gasteiger partial charge in [-0.05, 0) is 12.5 Å². The average molecular weight is 294 g/mol. The summed E-state index contributed by atoms with van der Waals surface area (Å²) in [6.45, 7) is 7.59. The van der Waals surface area contributed by atoms with Crippen molar-refractivity contribution >= 4 is 5.71 Å². The Balaban J connectivity index is 1.53. The van der Waals surface area contributed by atoms with E-state index in [0.717, 1.165) is 38.4 Å². The minimum atomic E-state index is 1.03. The second-order valence-electron chi connectivity index (χ2n) is 5.92. The van der Waals surface area contributed by atoms with Crippen molar-refractivity contribution in [3.05, 3.63) is 71.8 Å². The first-order valence-electron chi connectivity index (χ1n) is 8.04. The summed E-state index contributed by atoms with van der Waals surface area (Å²) in [4.78, 5) is 1.65. The molecule has 3 heteroatoms. The first-order chi connectivity index (χ1) is 10.8. The molecule has 0 amide bonds. The zero-order valence-electron chi connectivity index (χ0n) is 13.2. The highest BCUT2D eigenvalue weighted by Gasteiger charge is 2.19. The molecule has 0 unspecified atom stereocenters. The molecule has 0 aromatic heterocycles. The third kappa shape index (κ3) is 3.95. The lowest BCUT2D eigenvalue weighted by molar-refractivity contribution is -0.918. The topological polar surface area (TPSA) is 20.0 Å². The predicted molar refractivity (Wildman–Crippen MR) is 91.1 cm³/mol. The Morgan fingerprint density at radius 3 is 2.18 bits per heavy atom. The molecular weight excluding hydrogens is 270 g/mol. The number of rotatable bonds is 4. The quantitative estimate of drug-likeness (QED) is 0.853. The molecule has 0 saturated carbocycles. The van der Waals surface area contributed by atoms with Gasteiger partial charge in [-0.15, -0.1) is 0 Å². The smallest absolute Gasteiger partial charge is 0.103 e. The van der Waals surface area contributed by atoms with E-state index < -0.39 is 0 Å². The molecule has 0 bridgehead atoms. The molecule has 2 aromatic rings. The fraction of sp³-hybridized carbons (Fsp3) is 0.316. The van der Waals surface area contributed by atoms with Crippen LogP contribution in [-0.2, 0) is 6.54 Å². The lowest BCUT2D eigenvalue weighted by atomic mass is 10.1. The molecule has 0 spiro atoms. The molecule has 1 heterocycles. The van der Waals surface area contributed by atoms with Crippen LogP contribution < -0.4 is 4.90 Å². The zero-order chi connectivity index (χ0) is 15.2. The Labute approximate surface area is 132 Å². The fourth-order valence-electron chi connectivity index (χ4n) is 2.92. The van der Waals surface area contributed by atoms with E-state index in [1.165, 1.54) is 11.1 Å². The summed E-state index contributed by atoms with van der Waals surface area (Å²) in [6, 6.07) is 21.2. The van der Waals surface area contributed by atoms with Crippen LogP contribution in [0.5, 0.6) is 0 Å². The molecular formula is C19H24N3+. The summed E-state index contributed by atoms with van der Waals surface area (Å²) >= 11 is 0. The number of piperazine rings is 1. The maximum absolute atomic E-state index is 4.78. The Morgan fingerprint density at radius 2 is 1.55 bits per heavy atom. The Bertz CT molecular complexity index is 599. The van der Waals surface area contributed by atoms with Crippen molar-refractivity contribution in [2.24, 2.45) is 5.10 Å². The van der Waals surface area contributed by atoms with Crippen molar-refractivity contribution in [2.45, 2.75) is 13.5 Å². The SMILES string of the molecule is C/C(=N/N1CC[NH+](Cc2ccccc2)CC1)c1ccccc1. The van der Waals surface area contributed by atoms with Crippen LogP contribution in [0.1, 0.15) is 18.1 Å². The fourth-order valence-corrected chi connectivity index (χ4v) is 2.92.